The van der Waals surface area contributed by atoms with Gasteiger partial charge in [-0.1, -0.05) is 6.42 Å². The van der Waals surface area contributed by atoms with Crippen molar-refractivity contribution in [2.75, 3.05) is 26.7 Å². The second-order valence-electron chi connectivity index (χ2n) is 6.69. The fourth-order valence-corrected chi connectivity index (χ4v) is 4.49. The topological polar surface area (TPSA) is 32.3 Å². The first-order valence-electron chi connectivity index (χ1n) is 7.68. The highest BCUT2D eigenvalue weighted by Crippen LogP contribution is 2.49. The van der Waals surface area contributed by atoms with Crippen molar-refractivity contribution in [2.45, 2.75) is 38.5 Å². The Morgan fingerprint density at radius 3 is 2.74 bits per heavy atom. The molecule has 3 rings (SSSR count). The van der Waals surface area contributed by atoms with Gasteiger partial charge in [-0.25, -0.2) is 0 Å². The lowest BCUT2D eigenvalue weighted by Crippen LogP contribution is -2.32. The number of hydrogen-bond acceptors (Lipinski definition) is 2. The molecule has 19 heavy (non-hydrogen) atoms. The predicted octanol–water partition coefficient (Wildman–Crippen LogP) is 2.30. The Balaban J connectivity index is 0.00000133. The molecule has 2 aliphatic carbocycles. The highest BCUT2D eigenvalue weighted by molar-refractivity contribution is 5.85. The van der Waals surface area contributed by atoms with Crippen molar-refractivity contribution in [2.24, 2.45) is 23.7 Å². The average molecular weight is 287 g/mol. The SMILES string of the molecule is CNCC1CCN(C(=O)CC2CC3CCC2C3)C1.Cl. The van der Waals surface area contributed by atoms with Gasteiger partial charge < -0.3 is 10.2 Å². The normalized spacial score (nSPS) is 36.6. The summed E-state index contributed by atoms with van der Waals surface area (Å²) in [5.41, 5.74) is 0. The smallest absolute Gasteiger partial charge is 0.222 e. The van der Waals surface area contributed by atoms with Gasteiger partial charge in [0.1, 0.15) is 0 Å². The molecule has 0 aromatic heterocycles. The summed E-state index contributed by atoms with van der Waals surface area (Å²) in [6.45, 7) is 3.03. The van der Waals surface area contributed by atoms with Crippen LogP contribution in [0.1, 0.15) is 38.5 Å². The van der Waals surface area contributed by atoms with Gasteiger partial charge in [-0.3, -0.25) is 4.79 Å². The summed E-state index contributed by atoms with van der Waals surface area (Å²) in [6.07, 6.45) is 7.61. The van der Waals surface area contributed by atoms with Gasteiger partial charge in [0.25, 0.3) is 0 Å². The summed E-state index contributed by atoms with van der Waals surface area (Å²) >= 11 is 0. The third-order valence-corrected chi connectivity index (χ3v) is 5.45. The van der Waals surface area contributed by atoms with Crippen LogP contribution in [-0.2, 0) is 4.79 Å². The molecular formula is C15H27ClN2O. The minimum absolute atomic E-state index is 0. The van der Waals surface area contributed by atoms with E-state index in [0.717, 1.165) is 43.8 Å². The first kappa shape index (κ1) is 15.1. The van der Waals surface area contributed by atoms with Crippen molar-refractivity contribution >= 4 is 18.3 Å². The van der Waals surface area contributed by atoms with Gasteiger partial charge in [-0.15, -0.1) is 12.4 Å². The number of carbonyl (C=O) groups excluding carboxylic acids is 1. The zero-order valence-corrected chi connectivity index (χ0v) is 12.8. The van der Waals surface area contributed by atoms with Gasteiger partial charge in [0.05, 0.1) is 0 Å². The highest BCUT2D eigenvalue weighted by atomic mass is 35.5. The predicted molar refractivity (Wildman–Crippen MR) is 79.4 cm³/mol. The number of nitrogens with one attached hydrogen (secondary N) is 1. The van der Waals surface area contributed by atoms with Crippen LogP contribution in [0, 0.1) is 23.7 Å². The molecule has 3 aliphatic rings. The second kappa shape index (κ2) is 6.45. The second-order valence-corrected chi connectivity index (χ2v) is 6.69. The lowest BCUT2D eigenvalue weighted by molar-refractivity contribution is -0.131. The third kappa shape index (κ3) is 3.25. The number of carbonyl (C=O) groups is 1. The molecule has 110 valence electrons. The largest absolute Gasteiger partial charge is 0.342 e. The third-order valence-electron chi connectivity index (χ3n) is 5.45. The van der Waals surface area contributed by atoms with Crippen molar-refractivity contribution in [3.05, 3.63) is 0 Å². The molecule has 0 aromatic carbocycles. The molecule has 1 aliphatic heterocycles. The van der Waals surface area contributed by atoms with Gasteiger partial charge in [0.15, 0.2) is 0 Å². The lowest BCUT2D eigenvalue weighted by Gasteiger charge is -2.24. The van der Waals surface area contributed by atoms with Crippen molar-refractivity contribution in [1.82, 2.24) is 10.2 Å². The van der Waals surface area contributed by atoms with Crippen molar-refractivity contribution in [3.8, 4) is 0 Å². The van der Waals surface area contributed by atoms with Crippen molar-refractivity contribution in [1.29, 1.82) is 0 Å². The Labute approximate surface area is 122 Å². The van der Waals surface area contributed by atoms with Gasteiger partial charge in [-0.05, 0) is 62.9 Å². The molecule has 3 fully saturated rings. The molecule has 0 radical (unpaired) electrons. The fraction of sp³-hybridized carbons (Fsp3) is 0.933. The molecular weight excluding hydrogens is 260 g/mol. The Bertz CT molecular complexity index is 323. The molecule has 4 atom stereocenters. The van der Waals surface area contributed by atoms with E-state index in [1.807, 2.05) is 7.05 Å². The molecule has 3 nitrogen and oxygen atoms in total. The van der Waals surface area contributed by atoms with Crippen LogP contribution in [0.3, 0.4) is 0 Å². The minimum atomic E-state index is 0. The first-order valence-corrected chi connectivity index (χ1v) is 7.68. The minimum Gasteiger partial charge on any atom is -0.342 e. The Kier molecular flexibility index (Phi) is 5.13. The standard InChI is InChI=1S/C15H26N2O.ClH/c1-16-9-12-4-5-17(10-12)15(18)8-14-7-11-2-3-13(14)6-11;/h11-14,16H,2-10H2,1H3;1H. The van der Waals surface area contributed by atoms with E-state index >= 15 is 0 Å². The van der Waals surface area contributed by atoms with Gasteiger partial charge in [0.2, 0.25) is 5.91 Å². The number of fused-ring (bicyclic) bond motifs is 2. The van der Waals surface area contributed by atoms with E-state index < -0.39 is 0 Å². The van der Waals surface area contributed by atoms with Crippen molar-refractivity contribution < 1.29 is 4.79 Å². The van der Waals surface area contributed by atoms with Crippen LogP contribution >= 0.6 is 12.4 Å². The maximum absolute atomic E-state index is 12.3. The van der Waals surface area contributed by atoms with E-state index in [2.05, 4.69) is 10.2 Å². The van der Waals surface area contributed by atoms with E-state index in [9.17, 15) is 4.79 Å². The molecule has 1 saturated heterocycles. The summed E-state index contributed by atoms with van der Waals surface area (Å²) in [7, 11) is 2.00. The van der Waals surface area contributed by atoms with Crippen LogP contribution in [0.25, 0.3) is 0 Å². The van der Waals surface area contributed by atoms with Crippen LogP contribution in [0.15, 0.2) is 0 Å². The Morgan fingerprint density at radius 2 is 2.11 bits per heavy atom. The van der Waals surface area contributed by atoms with E-state index in [-0.39, 0.29) is 12.4 Å². The zero-order chi connectivity index (χ0) is 12.5. The molecule has 2 bridgehead atoms. The molecule has 2 saturated carbocycles. The quantitative estimate of drug-likeness (QED) is 0.860. The number of hydrogen-bond donors (Lipinski definition) is 1. The van der Waals surface area contributed by atoms with Gasteiger partial charge in [-0.2, -0.15) is 0 Å². The summed E-state index contributed by atoms with van der Waals surface area (Å²) in [5, 5.41) is 3.23. The van der Waals surface area contributed by atoms with Crippen LogP contribution in [-0.4, -0.2) is 37.5 Å². The molecule has 4 unspecified atom stereocenters. The number of amides is 1. The monoisotopic (exact) mass is 286 g/mol. The number of likely N-dealkylation sites (tertiary alicyclic amines) is 1. The van der Waals surface area contributed by atoms with Gasteiger partial charge >= 0.3 is 0 Å². The molecule has 0 spiro atoms. The van der Waals surface area contributed by atoms with Crippen molar-refractivity contribution in [3.63, 3.8) is 0 Å². The van der Waals surface area contributed by atoms with E-state index in [1.165, 1.54) is 32.1 Å². The van der Waals surface area contributed by atoms with Crippen LogP contribution in [0.5, 0.6) is 0 Å². The molecule has 0 aromatic rings. The zero-order valence-electron chi connectivity index (χ0n) is 11.9. The lowest BCUT2D eigenvalue weighted by atomic mass is 9.86. The Hall–Kier alpha value is -0.280. The summed E-state index contributed by atoms with van der Waals surface area (Å²) in [5.74, 6) is 3.68. The molecule has 1 heterocycles. The van der Waals surface area contributed by atoms with E-state index in [4.69, 9.17) is 0 Å². The highest BCUT2D eigenvalue weighted by Gasteiger charge is 2.41. The number of halogens is 1. The number of rotatable bonds is 4. The first-order chi connectivity index (χ1) is 8.76. The van der Waals surface area contributed by atoms with Crippen LogP contribution in [0.4, 0.5) is 0 Å². The Morgan fingerprint density at radius 1 is 1.26 bits per heavy atom. The fourth-order valence-electron chi connectivity index (χ4n) is 4.49. The number of nitrogens with zero attached hydrogens (tertiary/aromatic N) is 1. The van der Waals surface area contributed by atoms with Gasteiger partial charge in [0, 0.05) is 19.5 Å². The van der Waals surface area contributed by atoms with Crippen LogP contribution in [0.2, 0.25) is 0 Å². The molecule has 1 amide bonds. The molecule has 1 N–H and O–H groups in total. The average Bonchev–Trinajstić information content (AvgIpc) is 3.04. The van der Waals surface area contributed by atoms with Crippen LogP contribution < -0.4 is 5.32 Å². The maximum atomic E-state index is 12.3. The summed E-state index contributed by atoms with van der Waals surface area (Å²) < 4.78 is 0. The van der Waals surface area contributed by atoms with E-state index in [1.54, 1.807) is 0 Å². The molecule has 4 heteroatoms. The van der Waals surface area contributed by atoms with E-state index in [0.29, 0.717) is 11.8 Å². The summed E-state index contributed by atoms with van der Waals surface area (Å²) in [6, 6.07) is 0. The maximum Gasteiger partial charge on any atom is 0.222 e. The summed E-state index contributed by atoms with van der Waals surface area (Å²) in [4.78, 5) is 14.5.